The van der Waals surface area contributed by atoms with Crippen LogP contribution in [-0.2, 0) is 4.74 Å². The Morgan fingerprint density at radius 2 is 2.06 bits per heavy atom. The molecule has 0 N–H and O–H groups in total. The molecule has 0 saturated heterocycles. The van der Waals surface area contributed by atoms with Crippen molar-refractivity contribution in [2.45, 2.75) is 6.18 Å². The Bertz CT molecular complexity index is 418. The van der Waals surface area contributed by atoms with Crippen LogP contribution in [0.3, 0.4) is 0 Å². The number of esters is 1. The molecule has 0 amide bonds. The van der Waals surface area contributed by atoms with E-state index in [4.69, 9.17) is 16.3 Å². The maximum Gasteiger partial charge on any atom is 0.422 e. The Labute approximate surface area is 100 Å². The topological polar surface area (TPSA) is 35.5 Å². The van der Waals surface area contributed by atoms with Gasteiger partial charge in [-0.25, -0.2) is 4.79 Å². The van der Waals surface area contributed by atoms with E-state index in [0.717, 1.165) is 0 Å². The molecule has 1 aromatic carbocycles. The molecule has 0 aliphatic rings. The number of carbonyl (C=O) groups excluding carboxylic acids is 1. The lowest BCUT2D eigenvalue weighted by Gasteiger charge is -2.09. The zero-order valence-electron chi connectivity index (χ0n) is 8.68. The molecule has 1 aromatic rings. The fraction of sp³-hybridized carbons (Fsp3) is 0.300. The molecule has 94 valence electrons. The van der Waals surface area contributed by atoms with Crippen molar-refractivity contribution in [1.29, 1.82) is 0 Å². The van der Waals surface area contributed by atoms with Crippen molar-refractivity contribution in [1.82, 2.24) is 0 Å². The highest BCUT2D eigenvalue weighted by Crippen LogP contribution is 2.25. The predicted molar refractivity (Wildman–Crippen MR) is 54.3 cm³/mol. The molecule has 3 nitrogen and oxygen atoms in total. The predicted octanol–water partition coefficient (Wildman–Crippen LogP) is 3.07. The minimum absolute atomic E-state index is 0.0597. The second kappa shape index (κ2) is 5.27. The van der Waals surface area contributed by atoms with Gasteiger partial charge < -0.3 is 9.47 Å². The first kappa shape index (κ1) is 13.6. The summed E-state index contributed by atoms with van der Waals surface area (Å²) >= 11 is 5.69. The molecule has 0 heterocycles. The molecule has 1 rings (SSSR count). The molecule has 0 unspecified atom stereocenters. The number of alkyl halides is 3. The van der Waals surface area contributed by atoms with Crippen LogP contribution in [0.25, 0.3) is 0 Å². The molecule has 0 bridgehead atoms. The fourth-order valence-corrected chi connectivity index (χ4v) is 1.21. The average Bonchev–Trinajstić information content (AvgIpc) is 2.25. The summed E-state index contributed by atoms with van der Waals surface area (Å²) in [5.41, 5.74) is -0.0597. The summed E-state index contributed by atoms with van der Waals surface area (Å²) in [6.45, 7) is -1.63. The van der Waals surface area contributed by atoms with E-state index in [0.29, 0.717) is 0 Å². The van der Waals surface area contributed by atoms with Gasteiger partial charge in [-0.3, -0.25) is 0 Å². The molecule has 0 aliphatic carbocycles. The zero-order chi connectivity index (χ0) is 13.1. The van der Waals surface area contributed by atoms with E-state index in [-0.39, 0.29) is 16.3 Å². The second-order valence-corrected chi connectivity index (χ2v) is 3.45. The molecule has 0 fully saturated rings. The molecule has 0 radical (unpaired) electrons. The summed E-state index contributed by atoms with van der Waals surface area (Å²) in [5.74, 6) is -0.898. The molecule has 7 heteroatoms. The van der Waals surface area contributed by atoms with Crippen LogP contribution < -0.4 is 4.74 Å². The smallest absolute Gasteiger partial charge is 0.422 e. The molecular formula is C10H8ClF3O3. The van der Waals surface area contributed by atoms with E-state index in [1.165, 1.54) is 25.3 Å². The van der Waals surface area contributed by atoms with Crippen molar-refractivity contribution < 1.29 is 27.4 Å². The summed E-state index contributed by atoms with van der Waals surface area (Å²) in [6, 6.07) is 3.80. The van der Waals surface area contributed by atoms with Gasteiger partial charge in [-0.05, 0) is 18.2 Å². The molecule has 0 spiro atoms. The summed E-state index contributed by atoms with van der Waals surface area (Å²) < 4.78 is 44.3. The lowest BCUT2D eigenvalue weighted by atomic mass is 10.2. The summed E-state index contributed by atoms with van der Waals surface area (Å²) in [5, 5.41) is 0.250. The number of ether oxygens (including phenoxy) is 2. The van der Waals surface area contributed by atoms with Crippen molar-refractivity contribution >= 4 is 17.6 Å². The van der Waals surface area contributed by atoms with Crippen LogP contribution in [0, 0.1) is 0 Å². The van der Waals surface area contributed by atoms with Crippen molar-refractivity contribution in [3.05, 3.63) is 28.8 Å². The molecule has 17 heavy (non-hydrogen) atoms. The van der Waals surface area contributed by atoms with Gasteiger partial charge in [0, 0.05) is 0 Å². The number of halogens is 4. The number of methoxy groups -OCH3 is 1. The SMILES string of the molecule is COc1cc(C(=O)OCC(F)(F)F)ccc1Cl. The van der Waals surface area contributed by atoms with Gasteiger partial charge in [0.05, 0.1) is 17.7 Å². The van der Waals surface area contributed by atoms with Gasteiger partial charge in [-0.1, -0.05) is 11.6 Å². The van der Waals surface area contributed by atoms with E-state index in [2.05, 4.69) is 4.74 Å². The number of rotatable bonds is 3. The van der Waals surface area contributed by atoms with Gasteiger partial charge in [0.2, 0.25) is 0 Å². The standard InChI is InChI=1S/C10H8ClF3O3/c1-16-8-4-6(2-3-7(8)11)9(15)17-5-10(12,13)14/h2-4H,5H2,1H3. The van der Waals surface area contributed by atoms with Crippen LogP contribution in [0.2, 0.25) is 5.02 Å². The molecular weight excluding hydrogens is 261 g/mol. The Hall–Kier alpha value is -1.43. The number of carbonyl (C=O) groups is 1. The third-order valence-corrected chi connectivity index (χ3v) is 2.07. The Morgan fingerprint density at radius 1 is 1.41 bits per heavy atom. The number of hydrogen-bond donors (Lipinski definition) is 0. The van der Waals surface area contributed by atoms with Gasteiger partial charge in [0.25, 0.3) is 0 Å². The Kier molecular flexibility index (Phi) is 4.22. The van der Waals surface area contributed by atoms with Gasteiger partial charge >= 0.3 is 12.1 Å². The first-order valence-corrected chi connectivity index (χ1v) is 4.78. The molecule has 0 aromatic heterocycles. The van der Waals surface area contributed by atoms with Crippen LogP contribution in [0.15, 0.2) is 18.2 Å². The average molecular weight is 269 g/mol. The lowest BCUT2D eigenvalue weighted by molar-refractivity contribution is -0.161. The molecule has 0 atom stereocenters. The quantitative estimate of drug-likeness (QED) is 0.791. The Balaban J connectivity index is 2.76. The highest BCUT2D eigenvalue weighted by molar-refractivity contribution is 6.32. The van der Waals surface area contributed by atoms with Crippen molar-refractivity contribution in [2.75, 3.05) is 13.7 Å². The normalized spacial score (nSPS) is 11.1. The van der Waals surface area contributed by atoms with E-state index >= 15 is 0 Å². The van der Waals surface area contributed by atoms with Gasteiger partial charge in [-0.2, -0.15) is 13.2 Å². The number of hydrogen-bond acceptors (Lipinski definition) is 3. The van der Waals surface area contributed by atoms with Crippen molar-refractivity contribution in [3.8, 4) is 5.75 Å². The third kappa shape index (κ3) is 4.14. The van der Waals surface area contributed by atoms with E-state index in [9.17, 15) is 18.0 Å². The van der Waals surface area contributed by atoms with E-state index < -0.39 is 18.8 Å². The van der Waals surface area contributed by atoms with E-state index in [1.807, 2.05) is 0 Å². The van der Waals surface area contributed by atoms with Crippen LogP contribution in [0.4, 0.5) is 13.2 Å². The summed E-state index contributed by atoms with van der Waals surface area (Å²) in [4.78, 5) is 11.2. The summed E-state index contributed by atoms with van der Waals surface area (Å²) in [6.07, 6.45) is -4.55. The fourth-order valence-electron chi connectivity index (χ4n) is 1.02. The second-order valence-electron chi connectivity index (χ2n) is 3.04. The monoisotopic (exact) mass is 268 g/mol. The third-order valence-electron chi connectivity index (χ3n) is 1.75. The first-order chi connectivity index (χ1) is 7.83. The highest BCUT2D eigenvalue weighted by atomic mass is 35.5. The first-order valence-electron chi connectivity index (χ1n) is 4.41. The minimum atomic E-state index is -4.55. The largest absolute Gasteiger partial charge is 0.495 e. The molecule has 0 aliphatic heterocycles. The van der Waals surface area contributed by atoms with Crippen LogP contribution in [0.5, 0.6) is 5.75 Å². The number of benzene rings is 1. The van der Waals surface area contributed by atoms with Crippen molar-refractivity contribution in [2.24, 2.45) is 0 Å². The summed E-state index contributed by atoms with van der Waals surface area (Å²) in [7, 11) is 1.33. The lowest BCUT2D eigenvalue weighted by Crippen LogP contribution is -2.20. The van der Waals surface area contributed by atoms with Gasteiger partial charge in [0.15, 0.2) is 6.61 Å². The van der Waals surface area contributed by atoms with Crippen LogP contribution >= 0.6 is 11.6 Å². The van der Waals surface area contributed by atoms with Gasteiger partial charge in [0.1, 0.15) is 5.75 Å². The maximum atomic E-state index is 11.8. The van der Waals surface area contributed by atoms with Crippen LogP contribution in [-0.4, -0.2) is 25.9 Å². The highest BCUT2D eigenvalue weighted by Gasteiger charge is 2.29. The minimum Gasteiger partial charge on any atom is -0.495 e. The Morgan fingerprint density at radius 3 is 2.59 bits per heavy atom. The van der Waals surface area contributed by atoms with Gasteiger partial charge in [-0.15, -0.1) is 0 Å². The van der Waals surface area contributed by atoms with Crippen LogP contribution in [0.1, 0.15) is 10.4 Å². The van der Waals surface area contributed by atoms with Crippen molar-refractivity contribution in [3.63, 3.8) is 0 Å². The van der Waals surface area contributed by atoms with E-state index in [1.54, 1.807) is 0 Å². The maximum absolute atomic E-state index is 11.8. The zero-order valence-corrected chi connectivity index (χ0v) is 9.43. The molecule has 0 saturated carbocycles.